The number of carbonyl (C=O) groups is 5. The maximum absolute atomic E-state index is 13.0. The summed E-state index contributed by atoms with van der Waals surface area (Å²) in [5, 5.41) is 0. The predicted molar refractivity (Wildman–Crippen MR) is 166 cm³/mol. The number of ether oxygens (including phenoxy) is 5. The Morgan fingerprint density at radius 3 is 2.09 bits per heavy atom. The van der Waals surface area contributed by atoms with Crippen LogP contribution in [0.25, 0.3) is 0 Å². The van der Waals surface area contributed by atoms with Crippen LogP contribution in [-0.2, 0) is 51.2 Å². The highest BCUT2D eigenvalue weighted by atomic mass is 28.3. The molecule has 0 aliphatic heterocycles. The molecule has 1 N–H and O–H groups in total. The van der Waals surface area contributed by atoms with Gasteiger partial charge in [0.2, 0.25) is 12.7 Å². The van der Waals surface area contributed by atoms with Gasteiger partial charge in [-0.05, 0) is 68.1 Å². The van der Waals surface area contributed by atoms with E-state index in [9.17, 15) is 24.0 Å². The first kappa shape index (κ1) is 37.0. The molecule has 1 atom stereocenters. The van der Waals surface area contributed by atoms with Crippen molar-refractivity contribution in [3.05, 3.63) is 65.2 Å². The van der Waals surface area contributed by atoms with Crippen molar-refractivity contribution >= 4 is 38.0 Å². The highest BCUT2D eigenvalue weighted by Crippen LogP contribution is 2.19. The van der Waals surface area contributed by atoms with Gasteiger partial charge in [0, 0.05) is 21.4 Å². The third-order valence-corrected chi connectivity index (χ3v) is 7.83. The summed E-state index contributed by atoms with van der Waals surface area (Å²) in [5.41, 5.74) is 4.13. The van der Waals surface area contributed by atoms with E-state index in [4.69, 9.17) is 28.5 Å². The smallest absolute Gasteiger partial charge is 0.466 e. The van der Waals surface area contributed by atoms with Crippen molar-refractivity contribution in [2.45, 2.75) is 78.4 Å². The fourth-order valence-electron chi connectivity index (χ4n) is 3.76. The zero-order chi connectivity index (χ0) is 33.4. The Morgan fingerprint density at radius 1 is 0.844 bits per heavy atom. The van der Waals surface area contributed by atoms with Gasteiger partial charge in [-0.25, -0.2) is 15.1 Å². The quantitative estimate of drug-likeness (QED) is 0.0591. The van der Waals surface area contributed by atoms with Gasteiger partial charge in [0.1, 0.15) is 5.75 Å². The fraction of sp³-hybridized carbons (Fsp3) is 0.469. The maximum Gasteiger partial charge on any atom is 0.511 e. The second-order valence-electron chi connectivity index (χ2n) is 11.8. The Bertz CT molecular complexity index is 1270. The zero-order valence-electron chi connectivity index (χ0n) is 26.7. The van der Waals surface area contributed by atoms with Crippen molar-refractivity contribution in [2.24, 2.45) is 5.92 Å². The van der Waals surface area contributed by atoms with Crippen molar-refractivity contribution in [2.75, 3.05) is 13.4 Å². The van der Waals surface area contributed by atoms with Crippen LogP contribution in [0, 0.1) is 5.92 Å². The second kappa shape index (κ2) is 18.5. The lowest BCUT2D eigenvalue weighted by Gasteiger charge is -2.19. The third kappa shape index (κ3) is 15.9. The molecule has 0 radical (unpaired) electrons. The van der Waals surface area contributed by atoms with Gasteiger partial charge in [-0.2, -0.15) is 0 Å². The molecule has 0 bridgehead atoms. The van der Waals surface area contributed by atoms with Crippen LogP contribution in [0.4, 0.5) is 4.79 Å². The number of nitrogens with one attached hydrogen (secondary N) is 1. The summed E-state index contributed by atoms with van der Waals surface area (Å²) in [6.07, 6.45) is -0.790. The average molecular weight is 646 g/mol. The molecule has 2 aromatic carbocycles. The van der Waals surface area contributed by atoms with Gasteiger partial charge < -0.3 is 23.7 Å². The fourth-order valence-corrected chi connectivity index (χ4v) is 4.47. The SMILES string of the molecule is CC(=O)Oc1ccc(CONC(=O)CCC(Cc2ccc(C(=O)OCOC(=O)OC(C)C)cc2)C(=O)OCC[Si](C)(C)C)cc1. The van der Waals surface area contributed by atoms with Crippen LogP contribution in [-0.4, -0.2) is 57.5 Å². The Morgan fingerprint density at radius 2 is 1.49 bits per heavy atom. The number of hydrogen-bond acceptors (Lipinski definition) is 11. The molecule has 0 fully saturated rings. The van der Waals surface area contributed by atoms with Crippen molar-refractivity contribution in [1.82, 2.24) is 5.48 Å². The molecule has 0 spiro atoms. The summed E-state index contributed by atoms with van der Waals surface area (Å²) in [4.78, 5) is 65.6. The third-order valence-electron chi connectivity index (χ3n) is 6.13. The highest BCUT2D eigenvalue weighted by Gasteiger charge is 2.23. The van der Waals surface area contributed by atoms with E-state index in [1.54, 1.807) is 50.2 Å². The summed E-state index contributed by atoms with van der Waals surface area (Å²) >= 11 is 0. The topological polar surface area (TPSA) is 153 Å². The Hall–Kier alpha value is -4.23. The largest absolute Gasteiger partial charge is 0.511 e. The molecule has 13 heteroatoms. The molecular weight excluding hydrogens is 602 g/mol. The molecule has 0 saturated heterocycles. The molecule has 0 aromatic heterocycles. The van der Waals surface area contributed by atoms with E-state index in [-0.39, 0.29) is 37.5 Å². The van der Waals surface area contributed by atoms with Crippen LogP contribution >= 0.6 is 0 Å². The zero-order valence-corrected chi connectivity index (χ0v) is 27.7. The molecule has 246 valence electrons. The van der Waals surface area contributed by atoms with Gasteiger partial charge in [0.15, 0.2) is 0 Å². The molecule has 2 aromatic rings. The molecule has 45 heavy (non-hydrogen) atoms. The Labute approximate surface area is 264 Å². The molecular formula is C32H43NO11Si. The van der Waals surface area contributed by atoms with E-state index in [0.717, 1.165) is 17.2 Å². The molecule has 0 heterocycles. The van der Waals surface area contributed by atoms with Crippen molar-refractivity contribution in [1.29, 1.82) is 0 Å². The number of carbonyl (C=O) groups excluding carboxylic acids is 5. The summed E-state index contributed by atoms with van der Waals surface area (Å²) in [6.45, 7) is 11.0. The van der Waals surface area contributed by atoms with Crippen LogP contribution in [0.3, 0.4) is 0 Å². The van der Waals surface area contributed by atoms with Crippen LogP contribution in [0.15, 0.2) is 48.5 Å². The van der Waals surface area contributed by atoms with E-state index >= 15 is 0 Å². The van der Waals surface area contributed by atoms with E-state index in [0.29, 0.717) is 12.4 Å². The van der Waals surface area contributed by atoms with E-state index in [1.165, 1.54) is 19.1 Å². The number of esters is 3. The molecule has 12 nitrogen and oxygen atoms in total. The molecule has 1 unspecified atom stereocenters. The summed E-state index contributed by atoms with van der Waals surface area (Å²) in [6, 6.07) is 13.9. The molecule has 0 aliphatic carbocycles. The van der Waals surface area contributed by atoms with Crippen molar-refractivity contribution in [3.63, 3.8) is 0 Å². The molecule has 0 aliphatic rings. The van der Waals surface area contributed by atoms with Gasteiger partial charge in [0.05, 0.1) is 30.8 Å². The van der Waals surface area contributed by atoms with E-state index in [1.807, 2.05) is 0 Å². The number of benzene rings is 2. The van der Waals surface area contributed by atoms with Crippen LogP contribution in [0.5, 0.6) is 5.75 Å². The number of rotatable bonds is 17. The van der Waals surface area contributed by atoms with Gasteiger partial charge in [-0.15, -0.1) is 0 Å². The van der Waals surface area contributed by atoms with E-state index in [2.05, 4.69) is 25.1 Å². The highest BCUT2D eigenvalue weighted by molar-refractivity contribution is 6.76. The number of amides is 1. The van der Waals surface area contributed by atoms with Crippen molar-refractivity contribution < 1.29 is 52.5 Å². The minimum absolute atomic E-state index is 0.0167. The summed E-state index contributed by atoms with van der Waals surface area (Å²) in [5.74, 6) is -2.12. The normalized spacial score (nSPS) is 11.7. The van der Waals surface area contributed by atoms with Crippen LogP contribution in [0.2, 0.25) is 25.7 Å². The predicted octanol–water partition coefficient (Wildman–Crippen LogP) is 5.36. The summed E-state index contributed by atoms with van der Waals surface area (Å²) < 4.78 is 25.0. The minimum atomic E-state index is -1.42. The molecule has 1 amide bonds. The van der Waals surface area contributed by atoms with Gasteiger partial charge in [0.25, 0.3) is 0 Å². The standard InChI is InChI=1S/C32H43NO11Si/c1-22(2)43-32(38)41-21-40-30(36)26-11-7-24(8-12-26)19-27(31(37)39-17-18-45(4,5)6)13-16-29(35)33-42-20-25-9-14-28(15-10-25)44-23(3)34/h7-12,14-15,22,27H,13,16-21H2,1-6H3,(H,33,35). The maximum atomic E-state index is 13.0. The number of hydrogen-bond donors (Lipinski definition) is 1. The molecule has 0 saturated carbocycles. The first-order chi connectivity index (χ1) is 21.2. The van der Waals surface area contributed by atoms with Crippen LogP contribution < -0.4 is 10.2 Å². The summed E-state index contributed by atoms with van der Waals surface area (Å²) in [7, 11) is -1.42. The Kier molecular flexibility index (Phi) is 15.2. The first-order valence-corrected chi connectivity index (χ1v) is 18.4. The number of hydroxylamine groups is 1. The lowest BCUT2D eigenvalue weighted by atomic mass is 9.94. The Balaban J connectivity index is 1.92. The average Bonchev–Trinajstić information content (AvgIpc) is 2.95. The lowest BCUT2D eigenvalue weighted by molar-refractivity contribution is -0.148. The molecule has 2 rings (SSSR count). The van der Waals surface area contributed by atoms with Crippen molar-refractivity contribution in [3.8, 4) is 5.75 Å². The van der Waals surface area contributed by atoms with Gasteiger partial charge in [-0.1, -0.05) is 43.9 Å². The van der Waals surface area contributed by atoms with E-state index < -0.39 is 50.8 Å². The second-order valence-corrected chi connectivity index (χ2v) is 17.4. The first-order valence-electron chi connectivity index (χ1n) is 14.7. The monoisotopic (exact) mass is 645 g/mol. The van der Waals surface area contributed by atoms with Gasteiger partial charge >= 0.3 is 24.1 Å². The van der Waals surface area contributed by atoms with Crippen LogP contribution in [0.1, 0.15) is 55.1 Å². The van der Waals surface area contributed by atoms with Gasteiger partial charge in [-0.3, -0.25) is 19.2 Å². The lowest BCUT2D eigenvalue weighted by Crippen LogP contribution is -2.28. The minimum Gasteiger partial charge on any atom is -0.466 e.